The van der Waals surface area contributed by atoms with Crippen molar-refractivity contribution >= 4 is 17.4 Å². The molecular weight excluding hydrogens is 272 g/mol. The van der Waals surface area contributed by atoms with E-state index in [-0.39, 0.29) is 11.7 Å². The van der Waals surface area contributed by atoms with Crippen LogP contribution in [0.25, 0.3) is 0 Å². The molecule has 0 aliphatic carbocycles. The van der Waals surface area contributed by atoms with Gasteiger partial charge in [0.25, 0.3) is 0 Å². The number of aryl methyl sites for hydroxylation is 2. The fraction of sp³-hybridized carbons (Fsp3) is 0.235. The summed E-state index contributed by atoms with van der Waals surface area (Å²) in [5.41, 5.74) is 2.93. The van der Waals surface area contributed by atoms with Gasteiger partial charge < -0.3 is 4.74 Å². The van der Waals surface area contributed by atoms with Crippen LogP contribution >= 0.6 is 11.6 Å². The second-order valence-electron chi connectivity index (χ2n) is 4.74. The van der Waals surface area contributed by atoms with Crippen LogP contribution in [0.3, 0.4) is 0 Å². The zero-order valence-electron chi connectivity index (χ0n) is 11.6. The number of hydrogen-bond donors (Lipinski definition) is 0. The molecule has 2 nitrogen and oxygen atoms in total. The second kappa shape index (κ2) is 6.58. The molecule has 0 spiro atoms. The van der Waals surface area contributed by atoms with Gasteiger partial charge >= 0.3 is 0 Å². The van der Waals surface area contributed by atoms with Gasteiger partial charge in [-0.2, -0.15) is 0 Å². The highest BCUT2D eigenvalue weighted by Crippen LogP contribution is 2.19. The van der Waals surface area contributed by atoms with Gasteiger partial charge in [0.15, 0.2) is 6.10 Å². The number of carbonyl (C=O) groups excluding carboxylic acids is 1. The van der Waals surface area contributed by atoms with Gasteiger partial charge in [0.05, 0.1) is 5.88 Å². The molecule has 2 aromatic rings. The van der Waals surface area contributed by atoms with E-state index >= 15 is 0 Å². The maximum Gasteiger partial charge on any atom is 0.204 e. The lowest BCUT2D eigenvalue weighted by molar-refractivity contribution is 0.0822. The fourth-order valence-corrected chi connectivity index (χ4v) is 2.10. The summed E-state index contributed by atoms with van der Waals surface area (Å²) >= 11 is 5.89. The molecule has 0 fully saturated rings. The Balaban J connectivity index is 2.16. The van der Waals surface area contributed by atoms with E-state index in [1.54, 1.807) is 12.1 Å². The van der Waals surface area contributed by atoms with E-state index < -0.39 is 6.10 Å². The number of ketones is 1. The van der Waals surface area contributed by atoms with Gasteiger partial charge in [-0.25, -0.2) is 0 Å². The Hall–Kier alpha value is -1.80. The maximum absolute atomic E-state index is 12.3. The van der Waals surface area contributed by atoms with Crippen molar-refractivity contribution in [2.75, 3.05) is 5.88 Å². The van der Waals surface area contributed by atoms with Crippen molar-refractivity contribution in [2.24, 2.45) is 0 Å². The maximum atomic E-state index is 12.3. The van der Waals surface area contributed by atoms with E-state index in [4.69, 9.17) is 16.3 Å². The standard InChI is InChI=1S/C17H17ClO2/c1-12-8-9-15(10-13(12)2)20-16(11-18)17(19)14-6-4-3-5-7-14/h3-10,16H,11H2,1-2H3. The minimum Gasteiger partial charge on any atom is -0.481 e. The molecule has 2 aromatic carbocycles. The van der Waals surface area contributed by atoms with E-state index in [2.05, 4.69) is 0 Å². The number of ether oxygens (including phenoxy) is 1. The van der Waals surface area contributed by atoms with E-state index in [9.17, 15) is 4.79 Å². The first-order valence-corrected chi connectivity index (χ1v) is 7.04. The second-order valence-corrected chi connectivity index (χ2v) is 5.05. The number of alkyl halides is 1. The van der Waals surface area contributed by atoms with Gasteiger partial charge in [0.2, 0.25) is 5.78 Å². The van der Waals surface area contributed by atoms with Crippen LogP contribution in [0.15, 0.2) is 48.5 Å². The zero-order chi connectivity index (χ0) is 14.5. The highest BCUT2D eigenvalue weighted by molar-refractivity contribution is 6.20. The molecule has 0 N–H and O–H groups in total. The van der Waals surface area contributed by atoms with Crippen LogP contribution < -0.4 is 4.74 Å². The summed E-state index contributed by atoms with van der Waals surface area (Å²) in [7, 11) is 0. The molecule has 0 amide bonds. The summed E-state index contributed by atoms with van der Waals surface area (Å²) in [4.78, 5) is 12.3. The van der Waals surface area contributed by atoms with Crippen molar-refractivity contribution in [3.63, 3.8) is 0 Å². The first-order chi connectivity index (χ1) is 9.61. The highest BCUT2D eigenvalue weighted by atomic mass is 35.5. The molecule has 0 aliphatic rings. The molecule has 2 rings (SSSR count). The van der Waals surface area contributed by atoms with E-state index in [1.165, 1.54) is 5.56 Å². The molecule has 0 saturated heterocycles. The number of benzene rings is 2. The van der Waals surface area contributed by atoms with Crippen molar-refractivity contribution in [3.8, 4) is 5.75 Å². The largest absolute Gasteiger partial charge is 0.481 e. The molecule has 0 aliphatic heterocycles. The lowest BCUT2D eigenvalue weighted by atomic mass is 10.1. The minimum atomic E-state index is -0.666. The molecular formula is C17H17ClO2. The lowest BCUT2D eigenvalue weighted by Crippen LogP contribution is -2.29. The number of halogens is 1. The van der Waals surface area contributed by atoms with Crippen molar-refractivity contribution in [3.05, 3.63) is 65.2 Å². The van der Waals surface area contributed by atoms with Gasteiger partial charge in [-0.1, -0.05) is 36.4 Å². The summed E-state index contributed by atoms with van der Waals surface area (Å²) in [6.45, 7) is 4.05. The van der Waals surface area contributed by atoms with Crippen LogP contribution in [-0.2, 0) is 0 Å². The normalized spacial score (nSPS) is 11.9. The Labute approximate surface area is 124 Å². The monoisotopic (exact) mass is 288 g/mol. The van der Waals surface area contributed by atoms with Gasteiger partial charge in [-0.15, -0.1) is 11.6 Å². The Morgan fingerprint density at radius 2 is 1.80 bits per heavy atom. The quantitative estimate of drug-likeness (QED) is 0.610. The van der Waals surface area contributed by atoms with Gasteiger partial charge in [-0.3, -0.25) is 4.79 Å². The van der Waals surface area contributed by atoms with Crippen LogP contribution in [0.4, 0.5) is 0 Å². The molecule has 1 unspecified atom stereocenters. The number of hydrogen-bond acceptors (Lipinski definition) is 2. The minimum absolute atomic E-state index is 0.0983. The number of rotatable bonds is 5. The number of carbonyl (C=O) groups is 1. The smallest absolute Gasteiger partial charge is 0.204 e. The predicted octanol–water partition coefficient (Wildman–Crippen LogP) is 4.17. The third kappa shape index (κ3) is 3.40. The van der Waals surface area contributed by atoms with Crippen LogP contribution in [-0.4, -0.2) is 17.8 Å². The lowest BCUT2D eigenvalue weighted by Gasteiger charge is -2.16. The van der Waals surface area contributed by atoms with Crippen LogP contribution in [0.2, 0.25) is 0 Å². The van der Waals surface area contributed by atoms with E-state index in [0.29, 0.717) is 11.3 Å². The summed E-state index contributed by atoms with van der Waals surface area (Å²) in [6, 6.07) is 14.8. The topological polar surface area (TPSA) is 26.3 Å². The summed E-state index contributed by atoms with van der Waals surface area (Å²) in [5, 5.41) is 0. The van der Waals surface area contributed by atoms with E-state index in [0.717, 1.165) is 5.56 Å². The average Bonchev–Trinajstić information content (AvgIpc) is 2.48. The van der Waals surface area contributed by atoms with Crippen LogP contribution in [0.5, 0.6) is 5.75 Å². The summed E-state index contributed by atoms with van der Waals surface area (Å²) < 4.78 is 5.73. The fourth-order valence-electron chi connectivity index (χ4n) is 1.89. The SMILES string of the molecule is Cc1ccc(OC(CCl)C(=O)c2ccccc2)cc1C. The van der Waals surface area contributed by atoms with Crippen molar-refractivity contribution in [2.45, 2.75) is 20.0 Å². The van der Waals surface area contributed by atoms with Crippen molar-refractivity contribution in [1.82, 2.24) is 0 Å². The van der Waals surface area contributed by atoms with Crippen molar-refractivity contribution in [1.29, 1.82) is 0 Å². The third-order valence-corrected chi connectivity index (χ3v) is 3.53. The summed E-state index contributed by atoms with van der Waals surface area (Å²) in [6.07, 6.45) is -0.666. The third-order valence-electron chi connectivity index (χ3n) is 3.25. The van der Waals surface area contributed by atoms with Crippen LogP contribution in [0.1, 0.15) is 21.5 Å². The van der Waals surface area contributed by atoms with Gasteiger partial charge in [-0.05, 0) is 37.1 Å². The molecule has 1 atom stereocenters. The number of Topliss-reactive ketones (excluding diaryl/α,β-unsaturated/α-hetero) is 1. The molecule has 20 heavy (non-hydrogen) atoms. The first kappa shape index (κ1) is 14.6. The van der Waals surface area contributed by atoms with Gasteiger partial charge in [0, 0.05) is 5.56 Å². The molecule has 0 radical (unpaired) electrons. The highest BCUT2D eigenvalue weighted by Gasteiger charge is 2.21. The first-order valence-electron chi connectivity index (χ1n) is 6.51. The van der Waals surface area contributed by atoms with Crippen molar-refractivity contribution < 1.29 is 9.53 Å². The van der Waals surface area contributed by atoms with Gasteiger partial charge in [0.1, 0.15) is 5.75 Å². The van der Waals surface area contributed by atoms with E-state index in [1.807, 2.05) is 50.2 Å². The Bertz CT molecular complexity index is 593. The Morgan fingerprint density at radius 3 is 2.40 bits per heavy atom. The molecule has 0 bridgehead atoms. The average molecular weight is 289 g/mol. The van der Waals surface area contributed by atoms with Crippen LogP contribution in [0, 0.1) is 13.8 Å². The Morgan fingerprint density at radius 1 is 1.10 bits per heavy atom. The Kier molecular flexibility index (Phi) is 4.80. The summed E-state index contributed by atoms with van der Waals surface area (Å²) in [5.74, 6) is 0.697. The molecule has 0 heterocycles. The molecule has 0 saturated carbocycles. The molecule has 3 heteroatoms. The zero-order valence-corrected chi connectivity index (χ0v) is 12.4. The molecule has 104 valence electrons. The molecule has 0 aromatic heterocycles. The predicted molar refractivity (Wildman–Crippen MR) is 81.8 cm³/mol.